The normalized spacial score (nSPS) is 17.2. The first-order chi connectivity index (χ1) is 33.4. The summed E-state index contributed by atoms with van der Waals surface area (Å²) in [5.41, 5.74) is 0.603. The number of methoxy groups -OCH3 is 2. The number of anilines is 1. The molecule has 3 atom stereocenters. The molecule has 1 fully saturated rings. The second-order valence-electron chi connectivity index (χ2n) is 17.5. The number of nitrogens with zero attached hydrogens (tertiary/aromatic N) is 3. The highest BCUT2D eigenvalue weighted by atomic mass is 35.5. The molecular weight excluding hydrogens is 888 g/mol. The van der Waals surface area contributed by atoms with Crippen LogP contribution < -0.4 is 14.8 Å². The van der Waals surface area contributed by atoms with Crippen molar-refractivity contribution in [2.24, 2.45) is 0 Å². The Balaban J connectivity index is 1.20. The molecule has 1 aliphatic rings. The minimum Gasteiger partial charge on any atom is -0.497 e. The van der Waals surface area contributed by atoms with Crippen molar-refractivity contribution in [2.45, 2.75) is 61.4 Å². The largest absolute Gasteiger partial charge is 0.506 e. The molecule has 1 aliphatic heterocycles. The van der Waals surface area contributed by atoms with Gasteiger partial charge in [-0.3, -0.25) is 0 Å². The summed E-state index contributed by atoms with van der Waals surface area (Å²) in [6, 6.07) is 57.7. The van der Waals surface area contributed by atoms with Gasteiger partial charge in [-0.1, -0.05) is 152 Å². The van der Waals surface area contributed by atoms with E-state index >= 15 is 0 Å². The Labute approximate surface area is 406 Å². The van der Waals surface area contributed by atoms with Gasteiger partial charge in [-0.15, -0.1) is 6.42 Å². The number of fused-ring (bicyclic) bond motifs is 1. The summed E-state index contributed by atoms with van der Waals surface area (Å²) in [6.07, 6.45) is 5.52. The Bertz CT molecular complexity index is 2990. The topological polar surface area (TPSA) is 126 Å². The zero-order valence-corrected chi connectivity index (χ0v) is 39.3. The van der Waals surface area contributed by atoms with Crippen LogP contribution in [0.15, 0.2) is 182 Å². The van der Waals surface area contributed by atoms with Crippen LogP contribution in [0.25, 0.3) is 11.0 Å². The summed E-state index contributed by atoms with van der Waals surface area (Å²) in [5.74, 6) is 4.82. The molecule has 9 rings (SSSR count). The maximum absolute atomic E-state index is 12.2. The molecule has 6 aromatic carbocycles. The van der Waals surface area contributed by atoms with Gasteiger partial charge in [0.2, 0.25) is 5.28 Å². The van der Waals surface area contributed by atoms with Crippen LogP contribution in [0.1, 0.15) is 66.3 Å². The number of hydrogen-bond acceptors (Lipinski definition) is 9. The number of hydrogen-bond donors (Lipinski definition) is 2. The number of terminal acetylenes is 1. The minimum absolute atomic E-state index is 0.00798. The van der Waals surface area contributed by atoms with E-state index < -0.39 is 40.8 Å². The molecule has 2 aromatic heterocycles. The first kappa shape index (κ1) is 46.5. The van der Waals surface area contributed by atoms with Crippen molar-refractivity contribution in [3.05, 3.63) is 221 Å². The van der Waals surface area contributed by atoms with Gasteiger partial charge >= 0.3 is 6.16 Å². The molecule has 69 heavy (non-hydrogen) atoms. The average Bonchev–Trinajstić information content (AvgIpc) is 3.96. The fourth-order valence-electron chi connectivity index (χ4n) is 9.83. The predicted octanol–water partition coefficient (Wildman–Crippen LogP) is 12.0. The zero-order chi connectivity index (χ0) is 48.2. The van der Waals surface area contributed by atoms with Crippen molar-refractivity contribution < 1.29 is 33.6 Å². The van der Waals surface area contributed by atoms with Gasteiger partial charge in [0.1, 0.15) is 52.0 Å². The molecule has 0 amide bonds. The van der Waals surface area contributed by atoms with Crippen LogP contribution in [-0.2, 0) is 25.4 Å². The molecule has 348 valence electrons. The van der Waals surface area contributed by atoms with Gasteiger partial charge in [0.05, 0.1) is 19.6 Å². The van der Waals surface area contributed by atoms with Gasteiger partial charge < -0.3 is 38.7 Å². The third-order valence-corrected chi connectivity index (χ3v) is 13.0. The van der Waals surface area contributed by atoms with Crippen molar-refractivity contribution in [2.75, 3.05) is 19.5 Å². The van der Waals surface area contributed by atoms with Crippen LogP contribution in [0.4, 0.5) is 10.6 Å². The molecule has 2 N–H and O–H groups in total. The summed E-state index contributed by atoms with van der Waals surface area (Å²) in [5, 5.41) is 14.4. The third-order valence-electron chi connectivity index (χ3n) is 12.9. The monoisotopic (exact) mass is 938 g/mol. The number of ether oxygens (including phenoxy) is 5. The highest BCUT2D eigenvalue weighted by molar-refractivity contribution is 6.28. The van der Waals surface area contributed by atoms with Crippen LogP contribution in [0.3, 0.4) is 0 Å². The van der Waals surface area contributed by atoms with Gasteiger partial charge in [0.15, 0.2) is 5.60 Å². The van der Waals surface area contributed by atoms with Gasteiger partial charge in [0, 0.05) is 19.0 Å². The van der Waals surface area contributed by atoms with E-state index in [1.54, 1.807) is 28.1 Å². The SMILES string of the molecule is C#C[C@@]1(CC(C)(C)OC(=O)O)O[C@@H](n2ccc3c(NC(c4ccccc4)(c4ccccc4)c4ccc(OC)cc4)nc(Cl)nc32)C[C@@H]1OC(c1ccccc1)(c1ccccc1)c1ccc(OC)cc1. The maximum atomic E-state index is 12.2. The summed E-state index contributed by atoms with van der Waals surface area (Å²) in [6.45, 7) is 3.34. The molecule has 0 saturated carbocycles. The molecule has 0 aliphatic carbocycles. The molecule has 1 saturated heterocycles. The van der Waals surface area contributed by atoms with E-state index in [2.05, 4.69) is 35.5 Å². The van der Waals surface area contributed by atoms with E-state index in [0.29, 0.717) is 28.4 Å². The summed E-state index contributed by atoms with van der Waals surface area (Å²) in [7, 11) is 3.26. The maximum Gasteiger partial charge on any atom is 0.506 e. The van der Waals surface area contributed by atoms with Crippen molar-refractivity contribution in [3.63, 3.8) is 0 Å². The van der Waals surface area contributed by atoms with Crippen LogP contribution in [0, 0.1) is 12.3 Å². The number of halogens is 1. The lowest BCUT2D eigenvalue weighted by Gasteiger charge is -2.42. The van der Waals surface area contributed by atoms with Crippen LogP contribution >= 0.6 is 11.6 Å². The van der Waals surface area contributed by atoms with E-state index in [4.69, 9.17) is 51.7 Å². The van der Waals surface area contributed by atoms with Crippen LogP contribution in [0.2, 0.25) is 5.28 Å². The Morgan fingerprint density at radius 2 is 1.20 bits per heavy atom. The van der Waals surface area contributed by atoms with Gasteiger partial charge in [-0.05, 0) is 89.2 Å². The smallest absolute Gasteiger partial charge is 0.497 e. The standard InChI is InChI=1S/C57H51ClN4O7/c1-6-55(38-54(2,3)69-53(63)64)48(67-57(42-23-15-9-16-24-42,43-25-17-10-18-26-43)44-29-33-46(66-5)34-30-44)37-49(68-55)62-36-35-47-50(59-52(58)60-51(47)62)61-56(39-19-11-7-12-20-39,40-21-13-8-14-22-40)41-27-31-45(65-4)32-28-41/h1,7-36,48-49H,37-38H2,2-5H3,(H,63,64)(H,59,60,61)/t48-,49+,55-/m0/s1. The lowest BCUT2D eigenvalue weighted by molar-refractivity contribution is -0.142. The molecule has 0 radical (unpaired) electrons. The minimum atomic E-state index is -1.57. The fourth-order valence-corrected chi connectivity index (χ4v) is 9.99. The fraction of sp³-hybridized carbons (Fsp3) is 0.211. The Kier molecular flexibility index (Phi) is 12.9. The molecule has 0 spiro atoms. The van der Waals surface area contributed by atoms with Crippen molar-refractivity contribution in [1.29, 1.82) is 0 Å². The number of carbonyl (C=O) groups is 1. The van der Waals surface area contributed by atoms with Crippen molar-refractivity contribution >= 4 is 34.6 Å². The molecule has 0 unspecified atom stereocenters. The zero-order valence-electron chi connectivity index (χ0n) is 38.6. The van der Waals surface area contributed by atoms with Gasteiger partial charge in [-0.25, -0.2) is 9.78 Å². The Hall–Kier alpha value is -7.62. The van der Waals surface area contributed by atoms with E-state index in [-0.39, 0.29) is 18.1 Å². The highest BCUT2D eigenvalue weighted by Crippen LogP contribution is 2.51. The second-order valence-corrected chi connectivity index (χ2v) is 17.9. The molecule has 0 bridgehead atoms. The Morgan fingerprint density at radius 3 is 1.68 bits per heavy atom. The summed E-state index contributed by atoms with van der Waals surface area (Å²) < 4.78 is 33.4. The van der Waals surface area contributed by atoms with Crippen LogP contribution in [0.5, 0.6) is 11.5 Å². The second kappa shape index (κ2) is 19.2. The number of benzene rings is 6. The third kappa shape index (κ3) is 8.86. The van der Waals surface area contributed by atoms with E-state index in [1.807, 2.05) is 162 Å². The van der Waals surface area contributed by atoms with E-state index in [1.165, 1.54) is 0 Å². The summed E-state index contributed by atoms with van der Waals surface area (Å²) >= 11 is 6.95. The van der Waals surface area contributed by atoms with E-state index in [9.17, 15) is 9.90 Å². The average molecular weight is 940 g/mol. The molecule has 12 heteroatoms. The molecule has 11 nitrogen and oxygen atoms in total. The number of nitrogens with one attached hydrogen (secondary N) is 1. The first-order valence-corrected chi connectivity index (χ1v) is 22.9. The predicted molar refractivity (Wildman–Crippen MR) is 267 cm³/mol. The van der Waals surface area contributed by atoms with E-state index in [0.717, 1.165) is 33.4 Å². The van der Waals surface area contributed by atoms with Crippen LogP contribution in [-0.4, -0.2) is 57.3 Å². The van der Waals surface area contributed by atoms with Crippen molar-refractivity contribution in [3.8, 4) is 23.8 Å². The van der Waals surface area contributed by atoms with Gasteiger partial charge in [0.25, 0.3) is 0 Å². The van der Waals surface area contributed by atoms with Crippen molar-refractivity contribution in [1.82, 2.24) is 14.5 Å². The quantitative estimate of drug-likeness (QED) is 0.0418. The lowest BCUT2D eigenvalue weighted by atomic mass is 9.77. The molecule has 8 aromatic rings. The Morgan fingerprint density at radius 1 is 0.739 bits per heavy atom. The summed E-state index contributed by atoms with van der Waals surface area (Å²) in [4.78, 5) is 21.9. The lowest BCUT2D eigenvalue weighted by Crippen LogP contribution is -2.50. The number of rotatable bonds is 16. The number of aromatic nitrogens is 3. The first-order valence-electron chi connectivity index (χ1n) is 22.5. The number of carboxylic acid groups (broad SMARTS) is 1. The molecular formula is C57H51ClN4O7. The highest BCUT2D eigenvalue weighted by Gasteiger charge is 2.56. The molecule has 3 heterocycles. The van der Waals surface area contributed by atoms with Gasteiger partial charge in [-0.2, -0.15) is 4.98 Å².